The molecule has 0 amide bonds. The fourth-order valence-electron chi connectivity index (χ4n) is 3.03. The Bertz CT molecular complexity index is 613. The summed E-state index contributed by atoms with van der Waals surface area (Å²) in [5.74, 6) is 0.801. The van der Waals surface area contributed by atoms with Crippen molar-refractivity contribution in [3.63, 3.8) is 0 Å². The summed E-state index contributed by atoms with van der Waals surface area (Å²) < 4.78 is 11.7. The Morgan fingerprint density at radius 1 is 1.55 bits per heavy atom. The second kappa shape index (κ2) is 5.65. The lowest BCUT2D eigenvalue weighted by molar-refractivity contribution is -0.142. The minimum absolute atomic E-state index is 0.429. The van der Waals surface area contributed by atoms with Gasteiger partial charge in [-0.3, -0.25) is 9.69 Å². The number of likely N-dealkylation sites (tertiary alicyclic amines) is 1. The average Bonchev–Trinajstić information content (AvgIpc) is 2.90. The molecular weight excluding hydrogens is 282 g/mol. The molecule has 2 unspecified atom stereocenters. The number of rotatable bonds is 4. The van der Waals surface area contributed by atoms with Crippen LogP contribution in [0.3, 0.4) is 0 Å². The van der Waals surface area contributed by atoms with E-state index in [-0.39, 0.29) is 0 Å². The van der Waals surface area contributed by atoms with Gasteiger partial charge >= 0.3 is 5.97 Å². The van der Waals surface area contributed by atoms with E-state index in [1.807, 2.05) is 30.0 Å². The van der Waals surface area contributed by atoms with Gasteiger partial charge in [0.05, 0.1) is 6.61 Å². The summed E-state index contributed by atoms with van der Waals surface area (Å²) in [6.07, 6.45) is 4.91. The van der Waals surface area contributed by atoms with Crippen LogP contribution in [0.15, 0.2) is 24.3 Å². The van der Waals surface area contributed by atoms with Gasteiger partial charge in [-0.25, -0.2) is 0 Å². The molecule has 3 rings (SSSR count). The number of hydrogen-bond acceptors (Lipinski definition) is 4. The minimum Gasteiger partial charge on any atom is -0.494 e. The second-order valence-electron chi connectivity index (χ2n) is 5.87. The number of ether oxygens (including phenoxy) is 2. The van der Waals surface area contributed by atoms with Crippen LogP contribution in [0, 0.1) is 0 Å². The van der Waals surface area contributed by atoms with Crippen LogP contribution in [-0.2, 0) is 4.79 Å². The largest absolute Gasteiger partial charge is 0.494 e. The van der Waals surface area contributed by atoms with Crippen molar-refractivity contribution in [3.05, 3.63) is 29.8 Å². The fourth-order valence-corrected chi connectivity index (χ4v) is 3.03. The number of benzene rings is 1. The zero-order valence-corrected chi connectivity index (χ0v) is 12.9. The molecule has 5 heteroatoms. The SMILES string of the molecule is CCOc1ccc2c(c1)OC1(C=C2)CCN(C(C)C(=O)O)C1. The van der Waals surface area contributed by atoms with E-state index in [4.69, 9.17) is 14.6 Å². The van der Waals surface area contributed by atoms with Crippen molar-refractivity contribution in [2.75, 3.05) is 19.7 Å². The average molecular weight is 303 g/mol. The van der Waals surface area contributed by atoms with E-state index in [1.54, 1.807) is 6.92 Å². The summed E-state index contributed by atoms with van der Waals surface area (Å²) in [6, 6.07) is 5.33. The molecule has 5 nitrogen and oxygen atoms in total. The fraction of sp³-hybridized carbons (Fsp3) is 0.471. The summed E-state index contributed by atoms with van der Waals surface area (Å²) in [5, 5.41) is 9.17. The molecule has 2 aliphatic heterocycles. The van der Waals surface area contributed by atoms with E-state index in [2.05, 4.69) is 12.2 Å². The lowest BCUT2D eigenvalue weighted by Gasteiger charge is -2.32. The highest BCUT2D eigenvalue weighted by molar-refractivity contribution is 5.73. The Hall–Kier alpha value is -2.01. The van der Waals surface area contributed by atoms with Crippen molar-refractivity contribution in [1.82, 2.24) is 4.90 Å². The molecular formula is C17H21NO4. The lowest BCUT2D eigenvalue weighted by atomic mass is 9.97. The molecule has 0 bridgehead atoms. The normalized spacial score (nSPS) is 24.8. The first-order valence-corrected chi connectivity index (χ1v) is 7.65. The topological polar surface area (TPSA) is 59.0 Å². The Balaban J connectivity index is 1.79. The molecule has 0 aliphatic carbocycles. The molecule has 22 heavy (non-hydrogen) atoms. The molecule has 118 valence electrons. The maximum atomic E-state index is 11.2. The van der Waals surface area contributed by atoms with Crippen LogP contribution in [0.4, 0.5) is 0 Å². The molecule has 0 saturated carbocycles. The molecule has 1 spiro atoms. The maximum absolute atomic E-state index is 11.2. The maximum Gasteiger partial charge on any atom is 0.320 e. The van der Waals surface area contributed by atoms with E-state index in [9.17, 15) is 4.79 Å². The first-order valence-electron chi connectivity index (χ1n) is 7.65. The summed E-state index contributed by atoms with van der Waals surface area (Å²) in [4.78, 5) is 13.1. The van der Waals surface area contributed by atoms with Crippen LogP contribution in [0.1, 0.15) is 25.8 Å². The molecule has 1 fully saturated rings. The highest BCUT2D eigenvalue weighted by atomic mass is 16.5. The molecule has 2 aliphatic rings. The Kier molecular flexibility index (Phi) is 3.83. The van der Waals surface area contributed by atoms with Crippen molar-refractivity contribution < 1.29 is 19.4 Å². The molecule has 1 saturated heterocycles. The zero-order valence-electron chi connectivity index (χ0n) is 12.9. The van der Waals surface area contributed by atoms with Gasteiger partial charge < -0.3 is 14.6 Å². The van der Waals surface area contributed by atoms with Crippen LogP contribution in [0.5, 0.6) is 11.5 Å². The summed E-state index contributed by atoms with van der Waals surface area (Å²) >= 11 is 0. The van der Waals surface area contributed by atoms with E-state index < -0.39 is 17.6 Å². The van der Waals surface area contributed by atoms with Gasteiger partial charge in [-0.2, -0.15) is 0 Å². The number of carbonyl (C=O) groups is 1. The molecule has 0 aromatic heterocycles. The number of hydrogen-bond donors (Lipinski definition) is 1. The van der Waals surface area contributed by atoms with Gasteiger partial charge in [0.2, 0.25) is 0 Å². The van der Waals surface area contributed by atoms with E-state index in [0.717, 1.165) is 30.0 Å². The third-order valence-electron chi connectivity index (χ3n) is 4.37. The monoisotopic (exact) mass is 303 g/mol. The van der Waals surface area contributed by atoms with Gasteiger partial charge in [0.25, 0.3) is 0 Å². The standard InChI is InChI=1S/C17H21NO4/c1-3-21-14-5-4-13-6-7-17(22-15(13)10-14)8-9-18(11-17)12(2)16(19)20/h4-7,10,12H,3,8-9,11H2,1-2H3,(H,19,20). The smallest absolute Gasteiger partial charge is 0.320 e. The summed E-state index contributed by atoms with van der Waals surface area (Å²) in [5.41, 5.74) is 0.598. The Morgan fingerprint density at radius 3 is 3.09 bits per heavy atom. The van der Waals surface area contributed by atoms with Gasteiger partial charge in [0.15, 0.2) is 0 Å². The predicted molar refractivity (Wildman–Crippen MR) is 83.3 cm³/mol. The molecule has 1 aromatic carbocycles. The van der Waals surface area contributed by atoms with Crippen molar-refractivity contribution in [2.45, 2.75) is 31.9 Å². The van der Waals surface area contributed by atoms with Crippen molar-refractivity contribution >= 4 is 12.0 Å². The third kappa shape index (κ3) is 2.68. The quantitative estimate of drug-likeness (QED) is 0.925. The lowest BCUT2D eigenvalue weighted by Crippen LogP contribution is -2.43. The van der Waals surface area contributed by atoms with Crippen molar-refractivity contribution in [1.29, 1.82) is 0 Å². The van der Waals surface area contributed by atoms with Crippen LogP contribution >= 0.6 is 0 Å². The molecule has 0 radical (unpaired) electrons. The number of fused-ring (bicyclic) bond motifs is 1. The number of aliphatic carboxylic acids is 1. The molecule has 2 heterocycles. The third-order valence-corrected chi connectivity index (χ3v) is 4.37. The number of carboxylic acid groups (broad SMARTS) is 1. The first kappa shape index (κ1) is 14.9. The van der Waals surface area contributed by atoms with Gasteiger partial charge in [-0.05, 0) is 32.1 Å². The molecule has 1 N–H and O–H groups in total. The van der Waals surface area contributed by atoms with Crippen LogP contribution in [-0.4, -0.2) is 47.3 Å². The molecule has 2 atom stereocenters. The van der Waals surface area contributed by atoms with Gasteiger partial charge in [0, 0.05) is 31.1 Å². The molecule has 1 aromatic rings. The highest BCUT2D eigenvalue weighted by Crippen LogP contribution is 2.38. The van der Waals surface area contributed by atoms with Crippen LogP contribution in [0.25, 0.3) is 6.08 Å². The van der Waals surface area contributed by atoms with E-state index >= 15 is 0 Å². The predicted octanol–water partition coefficient (Wildman–Crippen LogP) is 2.41. The first-order chi connectivity index (χ1) is 10.5. The summed E-state index contributed by atoms with van der Waals surface area (Å²) in [7, 11) is 0. The van der Waals surface area contributed by atoms with Crippen molar-refractivity contribution in [2.24, 2.45) is 0 Å². The number of nitrogens with zero attached hydrogens (tertiary/aromatic N) is 1. The minimum atomic E-state index is -0.795. The van der Waals surface area contributed by atoms with Gasteiger partial charge in [-0.1, -0.05) is 6.08 Å². The zero-order chi connectivity index (χ0) is 15.7. The highest BCUT2D eigenvalue weighted by Gasteiger charge is 2.42. The van der Waals surface area contributed by atoms with E-state index in [0.29, 0.717) is 13.2 Å². The van der Waals surface area contributed by atoms with Gasteiger partial charge in [0.1, 0.15) is 23.1 Å². The summed E-state index contributed by atoms with van der Waals surface area (Å²) in [6.45, 7) is 5.59. The number of carboxylic acids is 1. The Labute approximate surface area is 130 Å². The van der Waals surface area contributed by atoms with Crippen molar-refractivity contribution in [3.8, 4) is 11.5 Å². The van der Waals surface area contributed by atoms with Crippen LogP contribution in [0.2, 0.25) is 0 Å². The Morgan fingerprint density at radius 2 is 2.36 bits per heavy atom. The second-order valence-corrected chi connectivity index (χ2v) is 5.87. The van der Waals surface area contributed by atoms with Crippen LogP contribution < -0.4 is 9.47 Å². The van der Waals surface area contributed by atoms with E-state index in [1.165, 1.54) is 0 Å². The van der Waals surface area contributed by atoms with Gasteiger partial charge in [-0.15, -0.1) is 0 Å².